The lowest BCUT2D eigenvalue weighted by molar-refractivity contribution is 0.581. The lowest BCUT2D eigenvalue weighted by Gasteiger charge is -2.10. The van der Waals surface area contributed by atoms with Gasteiger partial charge in [-0.05, 0) is 17.5 Å². The number of hydrogen-bond donors (Lipinski definition) is 1. The first-order chi connectivity index (χ1) is 13.1. The summed E-state index contributed by atoms with van der Waals surface area (Å²) in [4.78, 5) is 8.71. The van der Waals surface area contributed by atoms with E-state index in [2.05, 4.69) is 14.7 Å². The summed E-state index contributed by atoms with van der Waals surface area (Å²) in [5.74, 6) is 0. The van der Waals surface area contributed by atoms with Gasteiger partial charge in [0.15, 0.2) is 0 Å². The second-order valence-electron chi connectivity index (χ2n) is 6.06. The third-order valence-corrected chi connectivity index (χ3v) is 5.74. The van der Waals surface area contributed by atoms with E-state index < -0.39 is 10.0 Å². The van der Waals surface area contributed by atoms with Crippen LogP contribution in [-0.4, -0.2) is 18.4 Å². The fraction of sp³-hybridized carbons (Fsp3) is 0.0476. The molecule has 6 heteroatoms. The van der Waals surface area contributed by atoms with Crippen LogP contribution in [0.4, 0.5) is 0 Å². The molecule has 0 radical (unpaired) electrons. The number of rotatable bonds is 5. The fourth-order valence-electron chi connectivity index (χ4n) is 2.94. The first kappa shape index (κ1) is 17.3. The number of hydrogen-bond acceptors (Lipinski definition) is 4. The second kappa shape index (κ2) is 7.26. The highest BCUT2D eigenvalue weighted by Gasteiger charge is 2.17. The topological polar surface area (TPSA) is 72.0 Å². The Morgan fingerprint density at radius 2 is 1.56 bits per heavy atom. The minimum absolute atomic E-state index is 0.0912. The van der Waals surface area contributed by atoms with Crippen molar-refractivity contribution in [3.8, 4) is 11.3 Å². The summed E-state index contributed by atoms with van der Waals surface area (Å²) in [6.45, 7) is 0.0912. The maximum atomic E-state index is 12.8. The van der Waals surface area contributed by atoms with Crippen LogP contribution in [-0.2, 0) is 16.6 Å². The molecule has 0 spiro atoms. The molecule has 0 fully saturated rings. The standard InChI is InChI=1S/C21H17N3O2S/c25-27(26,21-12-6-10-16-7-4-5-11-19(16)21)24-14-18-13-20(23-15-22-18)17-8-2-1-3-9-17/h1-13,15,24H,14H2. The van der Waals surface area contributed by atoms with Gasteiger partial charge in [-0.1, -0.05) is 66.7 Å². The predicted octanol–water partition coefficient (Wildman–Crippen LogP) is 3.78. The Hall–Kier alpha value is -3.09. The Bertz CT molecular complexity index is 1190. The molecule has 0 saturated heterocycles. The summed E-state index contributed by atoms with van der Waals surface area (Å²) < 4.78 is 28.3. The van der Waals surface area contributed by atoms with Crippen molar-refractivity contribution in [2.24, 2.45) is 0 Å². The fourth-order valence-corrected chi connectivity index (χ4v) is 4.16. The number of benzene rings is 3. The molecule has 0 aliphatic rings. The molecule has 27 heavy (non-hydrogen) atoms. The van der Waals surface area contributed by atoms with Crippen LogP contribution in [0.25, 0.3) is 22.0 Å². The molecule has 1 N–H and O–H groups in total. The maximum absolute atomic E-state index is 12.8. The average Bonchev–Trinajstić information content (AvgIpc) is 2.73. The molecule has 0 amide bonds. The molecule has 3 aromatic carbocycles. The lowest BCUT2D eigenvalue weighted by atomic mass is 10.1. The van der Waals surface area contributed by atoms with Crippen LogP contribution in [0.3, 0.4) is 0 Å². The molecule has 4 aromatic rings. The van der Waals surface area contributed by atoms with Crippen molar-refractivity contribution in [1.82, 2.24) is 14.7 Å². The van der Waals surface area contributed by atoms with Gasteiger partial charge < -0.3 is 0 Å². The van der Waals surface area contributed by atoms with Gasteiger partial charge in [0.25, 0.3) is 0 Å². The summed E-state index contributed by atoms with van der Waals surface area (Å²) in [5, 5.41) is 1.58. The smallest absolute Gasteiger partial charge is 0.240 e. The van der Waals surface area contributed by atoms with Gasteiger partial charge in [0, 0.05) is 10.9 Å². The molecule has 1 heterocycles. The summed E-state index contributed by atoms with van der Waals surface area (Å²) in [6.07, 6.45) is 1.45. The minimum atomic E-state index is -3.67. The van der Waals surface area contributed by atoms with Crippen LogP contribution in [0.5, 0.6) is 0 Å². The maximum Gasteiger partial charge on any atom is 0.241 e. The molecule has 0 saturated carbocycles. The Balaban J connectivity index is 1.60. The van der Waals surface area contributed by atoms with Crippen molar-refractivity contribution in [1.29, 1.82) is 0 Å². The Morgan fingerprint density at radius 1 is 0.815 bits per heavy atom. The van der Waals surface area contributed by atoms with E-state index in [0.717, 1.165) is 16.6 Å². The molecule has 0 aliphatic heterocycles. The Labute approximate surface area is 157 Å². The first-order valence-corrected chi connectivity index (χ1v) is 9.95. The van der Waals surface area contributed by atoms with E-state index in [9.17, 15) is 8.42 Å². The van der Waals surface area contributed by atoms with E-state index in [1.54, 1.807) is 18.2 Å². The third kappa shape index (κ3) is 3.72. The van der Waals surface area contributed by atoms with Crippen LogP contribution in [0.15, 0.2) is 90.1 Å². The summed E-state index contributed by atoms with van der Waals surface area (Å²) in [7, 11) is -3.67. The molecule has 5 nitrogen and oxygen atoms in total. The quantitative estimate of drug-likeness (QED) is 0.576. The first-order valence-electron chi connectivity index (χ1n) is 8.47. The third-order valence-electron chi connectivity index (χ3n) is 4.28. The van der Waals surface area contributed by atoms with Crippen molar-refractivity contribution < 1.29 is 8.42 Å². The van der Waals surface area contributed by atoms with Gasteiger partial charge in [0.05, 0.1) is 22.8 Å². The summed E-state index contributed by atoms with van der Waals surface area (Å²) >= 11 is 0. The number of sulfonamides is 1. The largest absolute Gasteiger partial charge is 0.241 e. The zero-order valence-corrected chi connectivity index (χ0v) is 15.2. The van der Waals surface area contributed by atoms with E-state index in [1.165, 1.54) is 6.33 Å². The van der Waals surface area contributed by atoms with Crippen LogP contribution >= 0.6 is 0 Å². The zero-order valence-electron chi connectivity index (χ0n) is 14.4. The van der Waals surface area contributed by atoms with Crippen LogP contribution in [0.1, 0.15) is 5.69 Å². The number of nitrogens with one attached hydrogen (secondary N) is 1. The lowest BCUT2D eigenvalue weighted by Crippen LogP contribution is -2.24. The van der Waals surface area contributed by atoms with E-state index in [1.807, 2.05) is 60.7 Å². The highest BCUT2D eigenvalue weighted by Crippen LogP contribution is 2.23. The number of fused-ring (bicyclic) bond motifs is 1. The zero-order chi connectivity index (χ0) is 18.7. The van der Waals surface area contributed by atoms with E-state index in [4.69, 9.17) is 0 Å². The summed E-state index contributed by atoms with van der Waals surface area (Å²) in [5.41, 5.74) is 2.32. The van der Waals surface area contributed by atoms with Crippen molar-refractivity contribution >= 4 is 20.8 Å². The van der Waals surface area contributed by atoms with Gasteiger partial charge in [-0.25, -0.2) is 23.1 Å². The number of aromatic nitrogens is 2. The van der Waals surface area contributed by atoms with Crippen molar-refractivity contribution in [2.45, 2.75) is 11.4 Å². The highest BCUT2D eigenvalue weighted by molar-refractivity contribution is 7.89. The number of nitrogens with zero attached hydrogens (tertiary/aromatic N) is 2. The van der Waals surface area contributed by atoms with Crippen molar-refractivity contribution in [3.05, 3.63) is 90.9 Å². The Morgan fingerprint density at radius 3 is 2.41 bits per heavy atom. The molecule has 0 bridgehead atoms. The van der Waals surface area contributed by atoms with Gasteiger partial charge in [0.2, 0.25) is 10.0 Å². The molecule has 1 aromatic heterocycles. The van der Waals surface area contributed by atoms with Crippen molar-refractivity contribution in [3.63, 3.8) is 0 Å². The monoisotopic (exact) mass is 375 g/mol. The molecule has 134 valence electrons. The highest BCUT2D eigenvalue weighted by atomic mass is 32.2. The minimum Gasteiger partial charge on any atom is -0.240 e. The normalized spacial score (nSPS) is 11.6. The van der Waals surface area contributed by atoms with E-state index in [-0.39, 0.29) is 11.4 Å². The van der Waals surface area contributed by atoms with Gasteiger partial charge in [0.1, 0.15) is 6.33 Å². The van der Waals surface area contributed by atoms with Gasteiger partial charge in [-0.3, -0.25) is 0 Å². The molecule has 0 aliphatic carbocycles. The van der Waals surface area contributed by atoms with Crippen LogP contribution < -0.4 is 4.72 Å². The SMILES string of the molecule is O=S(=O)(NCc1cc(-c2ccccc2)ncn1)c1cccc2ccccc12. The van der Waals surface area contributed by atoms with Crippen molar-refractivity contribution in [2.75, 3.05) is 0 Å². The van der Waals surface area contributed by atoms with E-state index >= 15 is 0 Å². The van der Waals surface area contributed by atoms with Crippen LogP contribution in [0, 0.1) is 0 Å². The van der Waals surface area contributed by atoms with Gasteiger partial charge >= 0.3 is 0 Å². The van der Waals surface area contributed by atoms with Gasteiger partial charge in [-0.15, -0.1) is 0 Å². The Kier molecular flexibility index (Phi) is 4.66. The van der Waals surface area contributed by atoms with Crippen LogP contribution in [0.2, 0.25) is 0 Å². The average molecular weight is 375 g/mol. The molecule has 0 unspecified atom stereocenters. The predicted molar refractivity (Wildman–Crippen MR) is 105 cm³/mol. The van der Waals surface area contributed by atoms with E-state index in [0.29, 0.717) is 11.1 Å². The molecular weight excluding hydrogens is 358 g/mol. The van der Waals surface area contributed by atoms with Gasteiger partial charge in [-0.2, -0.15) is 0 Å². The molecular formula is C21H17N3O2S. The second-order valence-corrected chi connectivity index (χ2v) is 7.80. The summed E-state index contributed by atoms with van der Waals surface area (Å²) in [6, 6.07) is 24.2. The molecule has 4 rings (SSSR count). The molecule has 0 atom stereocenters.